The van der Waals surface area contributed by atoms with E-state index in [2.05, 4.69) is 10.0 Å². The third-order valence-electron chi connectivity index (χ3n) is 3.79. The van der Waals surface area contributed by atoms with Crippen molar-refractivity contribution >= 4 is 21.8 Å². The minimum absolute atomic E-state index is 0.0493. The minimum Gasteiger partial charge on any atom is -0.351 e. The summed E-state index contributed by atoms with van der Waals surface area (Å²) in [5.74, 6) is -0.325. The van der Waals surface area contributed by atoms with Crippen LogP contribution in [0.2, 0.25) is 0 Å². The molecule has 2 N–H and O–H groups in total. The number of carbonyl (C=O) groups is 2. The van der Waals surface area contributed by atoms with Crippen molar-refractivity contribution in [3.05, 3.63) is 35.9 Å². The second-order valence-electron chi connectivity index (χ2n) is 5.67. The zero-order valence-corrected chi connectivity index (χ0v) is 14.3. The second-order valence-corrected chi connectivity index (χ2v) is 7.60. The van der Waals surface area contributed by atoms with E-state index >= 15 is 0 Å². The normalized spacial score (nSPS) is 14.8. The molecule has 0 unspecified atom stereocenters. The highest BCUT2D eigenvalue weighted by molar-refractivity contribution is 7.89. The Hall–Kier alpha value is -1.93. The van der Waals surface area contributed by atoms with Gasteiger partial charge in [0.25, 0.3) is 5.91 Å². The minimum atomic E-state index is -3.44. The molecule has 2 rings (SSSR count). The van der Waals surface area contributed by atoms with Gasteiger partial charge in [0, 0.05) is 38.2 Å². The molecule has 1 aliphatic rings. The molecule has 1 aromatic carbocycles. The van der Waals surface area contributed by atoms with Gasteiger partial charge < -0.3 is 10.2 Å². The lowest BCUT2D eigenvalue weighted by Gasteiger charge is -2.15. The average Bonchev–Trinajstić information content (AvgIpc) is 2.97. The standard InChI is InChI=1S/C16H23N3O4S/c20-15-8-4-11-19(15)12-5-9-18-24(22,23)13-10-17-16(21)14-6-2-1-3-7-14/h1-3,6-7,18H,4-5,8-13H2,(H,17,21). The summed E-state index contributed by atoms with van der Waals surface area (Å²) < 4.78 is 26.2. The lowest BCUT2D eigenvalue weighted by Crippen LogP contribution is -2.36. The third kappa shape index (κ3) is 5.93. The van der Waals surface area contributed by atoms with Gasteiger partial charge in [-0.3, -0.25) is 9.59 Å². The number of likely N-dealkylation sites (tertiary alicyclic amines) is 1. The highest BCUT2D eigenvalue weighted by Crippen LogP contribution is 2.09. The van der Waals surface area contributed by atoms with Crippen molar-refractivity contribution in [2.24, 2.45) is 0 Å². The average molecular weight is 353 g/mol. The summed E-state index contributed by atoms with van der Waals surface area (Å²) in [5, 5.41) is 2.59. The molecule has 1 saturated heterocycles. The lowest BCUT2D eigenvalue weighted by atomic mass is 10.2. The molecular formula is C16H23N3O4S. The monoisotopic (exact) mass is 353 g/mol. The summed E-state index contributed by atoms with van der Waals surface area (Å²) >= 11 is 0. The Balaban J connectivity index is 1.62. The van der Waals surface area contributed by atoms with Crippen LogP contribution in [0.1, 0.15) is 29.6 Å². The quantitative estimate of drug-likeness (QED) is 0.626. The van der Waals surface area contributed by atoms with E-state index in [0.717, 1.165) is 13.0 Å². The van der Waals surface area contributed by atoms with Crippen LogP contribution in [0.4, 0.5) is 0 Å². The number of carbonyl (C=O) groups excluding carboxylic acids is 2. The molecular weight excluding hydrogens is 330 g/mol. The largest absolute Gasteiger partial charge is 0.351 e. The van der Waals surface area contributed by atoms with E-state index in [-0.39, 0.29) is 24.1 Å². The Labute approximate surface area is 142 Å². The van der Waals surface area contributed by atoms with E-state index in [1.54, 1.807) is 35.2 Å². The van der Waals surface area contributed by atoms with Crippen molar-refractivity contribution in [3.8, 4) is 0 Å². The van der Waals surface area contributed by atoms with E-state index in [1.165, 1.54) is 0 Å². The zero-order valence-electron chi connectivity index (χ0n) is 13.5. The van der Waals surface area contributed by atoms with Crippen LogP contribution in [-0.4, -0.2) is 57.1 Å². The maximum Gasteiger partial charge on any atom is 0.251 e. The first kappa shape index (κ1) is 18.4. The highest BCUT2D eigenvalue weighted by Gasteiger charge is 2.19. The van der Waals surface area contributed by atoms with Gasteiger partial charge in [-0.1, -0.05) is 18.2 Å². The molecule has 0 bridgehead atoms. The SMILES string of the molecule is O=C(NCCS(=O)(=O)NCCCN1CCCC1=O)c1ccccc1. The molecule has 24 heavy (non-hydrogen) atoms. The Morgan fingerprint density at radius 2 is 1.92 bits per heavy atom. The fourth-order valence-electron chi connectivity index (χ4n) is 2.50. The van der Waals surface area contributed by atoms with Gasteiger partial charge >= 0.3 is 0 Å². The van der Waals surface area contributed by atoms with Crippen LogP contribution in [0.15, 0.2) is 30.3 Å². The molecule has 0 spiro atoms. The number of nitrogens with zero attached hydrogens (tertiary/aromatic N) is 1. The smallest absolute Gasteiger partial charge is 0.251 e. The van der Waals surface area contributed by atoms with Gasteiger partial charge in [0.1, 0.15) is 0 Å². The molecule has 8 heteroatoms. The molecule has 1 fully saturated rings. The van der Waals surface area contributed by atoms with Gasteiger partial charge in [0.15, 0.2) is 0 Å². The molecule has 7 nitrogen and oxygen atoms in total. The van der Waals surface area contributed by atoms with Crippen LogP contribution in [0.5, 0.6) is 0 Å². The molecule has 0 aliphatic carbocycles. The van der Waals surface area contributed by atoms with Gasteiger partial charge in [-0.05, 0) is 25.0 Å². The molecule has 1 heterocycles. The van der Waals surface area contributed by atoms with Crippen molar-refractivity contribution in [2.45, 2.75) is 19.3 Å². The number of hydrogen-bond donors (Lipinski definition) is 2. The van der Waals surface area contributed by atoms with Crippen molar-refractivity contribution in [1.29, 1.82) is 0 Å². The van der Waals surface area contributed by atoms with E-state index in [0.29, 0.717) is 31.5 Å². The van der Waals surface area contributed by atoms with E-state index in [9.17, 15) is 18.0 Å². The number of rotatable bonds is 9. The number of hydrogen-bond acceptors (Lipinski definition) is 4. The molecule has 0 radical (unpaired) electrons. The van der Waals surface area contributed by atoms with Gasteiger partial charge in [-0.25, -0.2) is 13.1 Å². The Morgan fingerprint density at radius 1 is 1.17 bits per heavy atom. The molecule has 0 saturated carbocycles. The van der Waals surface area contributed by atoms with E-state index in [1.807, 2.05) is 0 Å². The second kappa shape index (κ2) is 8.79. The van der Waals surface area contributed by atoms with Crippen molar-refractivity contribution in [2.75, 3.05) is 31.9 Å². The first-order chi connectivity index (χ1) is 11.5. The number of nitrogens with one attached hydrogen (secondary N) is 2. The maximum absolute atomic E-state index is 11.9. The maximum atomic E-state index is 11.9. The van der Waals surface area contributed by atoms with Crippen LogP contribution in [0.3, 0.4) is 0 Å². The molecule has 0 aromatic heterocycles. The first-order valence-electron chi connectivity index (χ1n) is 8.06. The molecule has 132 valence electrons. The summed E-state index contributed by atoms with van der Waals surface area (Å²) in [5.41, 5.74) is 0.498. The van der Waals surface area contributed by atoms with Crippen LogP contribution >= 0.6 is 0 Å². The number of amides is 2. The van der Waals surface area contributed by atoms with Gasteiger partial charge in [0.05, 0.1) is 5.75 Å². The van der Waals surface area contributed by atoms with Crippen molar-refractivity contribution < 1.29 is 18.0 Å². The predicted molar refractivity (Wildman–Crippen MR) is 91.0 cm³/mol. The molecule has 0 atom stereocenters. The highest BCUT2D eigenvalue weighted by atomic mass is 32.2. The van der Waals surface area contributed by atoms with Crippen molar-refractivity contribution in [3.63, 3.8) is 0 Å². The third-order valence-corrected chi connectivity index (χ3v) is 5.18. The van der Waals surface area contributed by atoms with Gasteiger partial charge in [-0.2, -0.15) is 0 Å². The van der Waals surface area contributed by atoms with E-state index < -0.39 is 10.0 Å². The lowest BCUT2D eigenvalue weighted by molar-refractivity contribution is -0.127. The molecule has 1 aliphatic heterocycles. The van der Waals surface area contributed by atoms with Crippen LogP contribution in [-0.2, 0) is 14.8 Å². The molecule has 2 amide bonds. The fourth-order valence-corrected chi connectivity index (χ4v) is 3.47. The summed E-state index contributed by atoms with van der Waals surface area (Å²) in [6.07, 6.45) is 2.06. The zero-order chi connectivity index (χ0) is 17.4. The summed E-state index contributed by atoms with van der Waals surface area (Å²) in [6, 6.07) is 8.64. The summed E-state index contributed by atoms with van der Waals surface area (Å²) in [7, 11) is -3.44. The Kier molecular flexibility index (Phi) is 6.74. The Morgan fingerprint density at radius 3 is 2.58 bits per heavy atom. The van der Waals surface area contributed by atoms with Crippen LogP contribution in [0, 0.1) is 0 Å². The van der Waals surface area contributed by atoms with Gasteiger partial charge in [-0.15, -0.1) is 0 Å². The van der Waals surface area contributed by atoms with Gasteiger partial charge in [0.2, 0.25) is 15.9 Å². The van der Waals surface area contributed by atoms with Crippen LogP contribution in [0.25, 0.3) is 0 Å². The first-order valence-corrected chi connectivity index (χ1v) is 9.71. The fraction of sp³-hybridized carbons (Fsp3) is 0.500. The summed E-state index contributed by atoms with van der Waals surface area (Å²) in [4.78, 5) is 25.0. The summed E-state index contributed by atoms with van der Waals surface area (Å²) in [6.45, 7) is 1.68. The number of sulfonamides is 1. The van der Waals surface area contributed by atoms with Crippen molar-refractivity contribution in [1.82, 2.24) is 14.9 Å². The topological polar surface area (TPSA) is 95.6 Å². The predicted octanol–water partition coefficient (Wildman–Crippen LogP) is 0.348. The molecule has 1 aromatic rings. The van der Waals surface area contributed by atoms with Crippen LogP contribution < -0.4 is 10.0 Å². The Bertz CT molecular complexity index is 661. The number of benzene rings is 1. The van der Waals surface area contributed by atoms with E-state index in [4.69, 9.17) is 0 Å².